The lowest BCUT2D eigenvalue weighted by molar-refractivity contribution is -0.131. The minimum absolute atomic E-state index is 0.0334. The number of anilines is 1. The molecule has 0 fully saturated rings. The summed E-state index contributed by atoms with van der Waals surface area (Å²) in [5, 5.41) is 12.1. The average Bonchev–Trinajstić information content (AvgIpc) is 2.60. The third-order valence-corrected chi connectivity index (χ3v) is 4.35. The lowest BCUT2D eigenvalue weighted by Gasteiger charge is -2.07. The van der Waals surface area contributed by atoms with E-state index in [1.807, 2.05) is 67.6 Å². The van der Waals surface area contributed by atoms with Crippen LogP contribution in [-0.4, -0.2) is 22.7 Å². The monoisotopic (exact) mass is 353 g/mol. The number of aryl methyl sites for hydroxylation is 1. The Morgan fingerprint density at radius 2 is 1.76 bits per heavy atom. The summed E-state index contributed by atoms with van der Waals surface area (Å²) in [6.45, 7) is 1.90. The van der Waals surface area contributed by atoms with Crippen molar-refractivity contribution in [1.82, 2.24) is 0 Å². The van der Waals surface area contributed by atoms with Crippen LogP contribution in [0.5, 0.6) is 0 Å². The Bertz CT molecular complexity index is 798. The topological polar surface area (TPSA) is 66.4 Å². The summed E-state index contributed by atoms with van der Waals surface area (Å²) < 4.78 is 0. The molecule has 5 heteroatoms. The Morgan fingerprint density at radius 1 is 1.08 bits per heavy atom. The van der Waals surface area contributed by atoms with Gasteiger partial charge in [0.1, 0.15) is 0 Å². The van der Waals surface area contributed by atoms with Gasteiger partial charge in [-0.25, -0.2) is 4.79 Å². The number of nitrogens with one attached hydrogen (secondary N) is 1. The molecule has 0 saturated carbocycles. The fourth-order valence-electron chi connectivity index (χ4n) is 2.03. The SMILES string of the molecule is Cc1ccccc1NC(=O)CS/C(=C/C=C/c1ccccc1)C(=O)O. The number of rotatable bonds is 7. The zero-order chi connectivity index (χ0) is 18.1. The lowest BCUT2D eigenvalue weighted by Crippen LogP contribution is -2.15. The van der Waals surface area contributed by atoms with Gasteiger partial charge in [0.2, 0.25) is 5.91 Å². The van der Waals surface area contributed by atoms with Gasteiger partial charge in [-0.3, -0.25) is 4.79 Å². The molecule has 2 aromatic carbocycles. The molecule has 1 amide bonds. The standard InChI is InChI=1S/C20H19NO3S/c1-15-8-5-6-12-17(15)21-19(22)14-25-18(20(23)24)13-7-11-16-9-3-2-4-10-16/h2-13H,14H2,1H3,(H,21,22)(H,23,24)/b11-7+,18-13+. The molecule has 25 heavy (non-hydrogen) atoms. The molecular formula is C20H19NO3S. The molecule has 128 valence electrons. The molecule has 0 aliphatic rings. The van der Waals surface area contributed by atoms with Crippen LogP contribution >= 0.6 is 11.8 Å². The van der Waals surface area contributed by atoms with Gasteiger partial charge in [0, 0.05) is 5.69 Å². The van der Waals surface area contributed by atoms with Gasteiger partial charge >= 0.3 is 5.97 Å². The number of allylic oxidation sites excluding steroid dienone is 2. The summed E-state index contributed by atoms with van der Waals surface area (Å²) in [5.41, 5.74) is 2.67. The third-order valence-electron chi connectivity index (χ3n) is 3.32. The van der Waals surface area contributed by atoms with Gasteiger partial charge < -0.3 is 10.4 Å². The molecule has 0 unspecified atom stereocenters. The Morgan fingerprint density at radius 3 is 2.44 bits per heavy atom. The number of benzene rings is 2. The number of hydrogen-bond donors (Lipinski definition) is 2. The third kappa shape index (κ3) is 6.31. The second kappa shape index (κ2) is 9.49. The van der Waals surface area contributed by atoms with E-state index in [0.29, 0.717) is 0 Å². The highest BCUT2D eigenvalue weighted by Crippen LogP contribution is 2.18. The summed E-state index contributed by atoms with van der Waals surface area (Å²) in [4.78, 5) is 23.4. The van der Waals surface area contributed by atoms with Crippen molar-refractivity contribution >= 4 is 35.4 Å². The van der Waals surface area contributed by atoms with E-state index in [4.69, 9.17) is 0 Å². The Kier molecular flexibility index (Phi) is 7.04. The number of carbonyl (C=O) groups is 2. The highest BCUT2D eigenvalue weighted by molar-refractivity contribution is 8.04. The number of para-hydroxylation sites is 1. The molecule has 0 saturated heterocycles. The zero-order valence-corrected chi connectivity index (χ0v) is 14.6. The number of carboxylic acid groups (broad SMARTS) is 1. The first-order valence-corrected chi connectivity index (χ1v) is 8.70. The van der Waals surface area contributed by atoms with E-state index in [9.17, 15) is 14.7 Å². The predicted octanol–water partition coefficient (Wildman–Crippen LogP) is 4.35. The van der Waals surface area contributed by atoms with Gasteiger partial charge in [-0.1, -0.05) is 60.7 Å². The predicted molar refractivity (Wildman–Crippen MR) is 103 cm³/mol. The maximum absolute atomic E-state index is 12.0. The molecule has 0 bridgehead atoms. The van der Waals surface area contributed by atoms with Crippen molar-refractivity contribution in [2.24, 2.45) is 0 Å². The van der Waals surface area contributed by atoms with Gasteiger partial charge in [0.25, 0.3) is 0 Å². The fourth-order valence-corrected chi connectivity index (χ4v) is 2.69. The molecule has 4 nitrogen and oxygen atoms in total. The van der Waals surface area contributed by atoms with Crippen LogP contribution in [0.4, 0.5) is 5.69 Å². The normalized spacial score (nSPS) is 11.5. The molecule has 2 rings (SSSR count). The van der Waals surface area contributed by atoms with Crippen LogP contribution in [0.15, 0.2) is 71.7 Å². The molecule has 0 aromatic heterocycles. The van der Waals surface area contributed by atoms with E-state index < -0.39 is 5.97 Å². The van der Waals surface area contributed by atoms with Gasteiger partial charge in [-0.05, 0) is 30.2 Å². The summed E-state index contributed by atoms with van der Waals surface area (Å²) in [5.74, 6) is -1.25. The Hall–Kier alpha value is -2.79. The number of carboxylic acids is 1. The molecule has 0 atom stereocenters. The molecule has 0 radical (unpaired) electrons. The molecule has 2 N–H and O–H groups in total. The minimum Gasteiger partial charge on any atom is -0.477 e. The number of carbonyl (C=O) groups excluding carboxylic acids is 1. The van der Waals surface area contributed by atoms with Gasteiger partial charge in [-0.2, -0.15) is 0 Å². The van der Waals surface area contributed by atoms with Crippen LogP contribution in [0.3, 0.4) is 0 Å². The first-order chi connectivity index (χ1) is 12.1. The molecule has 0 heterocycles. The second-order valence-electron chi connectivity index (χ2n) is 5.26. The van der Waals surface area contributed by atoms with E-state index in [2.05, 4.69) is 5.32 Å². The number of amides is 1. The number of thioether (sulfide) groups is 1. The first-order valence-electron chi connectivity index (χ1n) is 7.71. The molecule has 0 spiro atoms. The average molecular weight is 353 g/mol. The van der Waals surface area contributed by atoms with E-state index in [0.717, 1.165) is 28.6 Å². The highest BCUT2D eigenvalue weighted by Gasteiger charge is 2.11. The van der Waals surface area contributed by atoms with Gasteiger partial charge in [0.15, 0.2) is 0 Å². The van der Waals surface area contributed by atoms with E-state index in [1.165, 1.54) is 6.08 Å². The van der Waals surface area contributed by atoms with Crippen LogP contribution in [0, 0.1) is 6.92 Å². The van der Waals surface area contributed by atoms with Crippen molar-refractivity contribution < 1.29 is 14.7 Å². The molecule has 0 aliphatic heterocycles. The van der Waals surface area contributed by atoms with E-state index in [1.54, 1.807) is 6.08 Å². The number of aliphatic carboxylic acids is 1. The Balaban J connectivity index is 1.94. The van der Waals surface area contributed by atoms with Crippen LogP contribution in [0.1, 0.15) is 11.1 Å². The van der Waals surface area contributed by atoms with Crippen molar-refractivity contribution in [3.63, 3.8) is 0 Å². The summed E-state index contributed by atoms with van der Waals surface area (Å²) in [6.07, 6.45) is 4.99. The minimum atomic E-state index is -1.05. The molecule has 0 aliphatic carbocycles. The highest BCUT2D eigenvalue weighted by atomic mass is 32.2. The Labute approximate surface area is 151 Å². The summed E-state index contributed by atoms with van der Waals surface area (Å²) in [6, 6.07) is 17.0. The van der Waals surface area contributed by atoms with Crippen molar-refractivity contribution in [3.8, 4) is 0 Å². The molecule has 2 aromatic rings. The smallest absolute Gasteiger partial charge is 0.342 e. The van der Waals surface area contributed by atoms with Crippen molar-refractivity contribution in [2.75, 3.05) is 11.1 Å². The largest absolute Gasteiger partial charge is 0.477 e. The zero-order valence-electron chi connectivity index (χ0n) is 13.8. The maximum Gasteiger partial charge on any atom is 0.342 e. The fraction of sp³-hybridized carbons (Fsp3) is 0.100. The van der Waals surface area contributed by atoms with Crippen molar-refractivity contribution in [1.29, 1.82) is 0 Å². The van der Waals surface area contributed by atoms with Crippen LogP contribution in [0.25, 0.3) is 6.08 Å². The second-order valence-corrected chi connectivity index (χ2v) is 6.27. The van der Waals surface area contributed by atoms with E-state index in [-0.39, 0.29) is 16.6 Å². The van der Waals surface area contributed by atoms with Gasteiger partial charge in [-0.15, -0.1) is 11.8 Å². The maximum atomic E-state index is 12.0. The van der Waals surface area contributed by atoms with Crippen molar-refractivity contribution in [3.05, 3.63) is 82.8 Å². The van der Waals surface area contributed by atoms with Crippen LogP contribution < -0.4 is 5.32 Å². The molecular weight excluding hydrogens is 334 g/mol. The lowest BCUT2D eigenvalue weighted by atomic mass is 10.2. The van der Waals surface area contributed by atoms with Crippen molar-refractivity contribution in [2.45, 2.75) is 6.92 Å². The van der Waals surface area contributed by atoms with Gasteiger partial charge in [0.05, 0.1) is 10.7 Å². The summed E-state index contributed by atoms with van der Waals surface area (Å²) in [7, 11) is 0. The van der Waals surface area contributed by atoms with E-state index >= 15 is 0 Å². The summed E-state index contributed by atoms with van der Waals surface area (Å²) >= 11 is 0.996. The number of hydrogen-bond acceptors (Lipinski definition) is 3. The van der Waals surface area contributed by atoms with Crippen LogP contribution in [0.2, 0.25) is 0 Å². The first kappa shape index (κ1) is 18.5. The van der Waals surface area contributed by atoms with Crippen LogP contribution in [-0.2, 0) is 9.59 Å². The quantitative estimate of drug-likeness (QED) is 0.574.